The number of pyridine rings is 1. The largest absolute Gasteiger partial charge is 0.340 e. The number of carbonyl (C=O) groups excluding carboxylic acids is 1. The van der Waals surface area contributed by atoms with Gasteiger partial charge in [0.15, 0.2) is 0 Å². The molecule has 0 spiro atoms. The van der Waals surface area contributed by atoms with Crippen molar-refractivity contribution in [1.29, 1.82) is 0 Å². The lowest BCUT2D eigenvalue weighted by molar-refractivity contribution is 0.0730. The van der Waals surface area contributed by atoms with Gasteiger partial charge < -0.3 is 9.47 Å². The van der Waals surface area contributed by atoms with Gasteiger partial charge in [0.05, 0.1) is 12.2 Å². The van der Waals surface area contributed by atoms with Crippen molar-refractivity contribution in [2.75, 3.05) is 6.54 Å². The molecular weight excluding hydrogens is 358 g/mol. The van der Waals surface area contributed by atoms with E-state index in [1.165, 1.54) is 5.56 Å². The highest BCUT2D eigenvalue weighted by Crippen LogP contribution is 2.20. The molecule has 0 aliphatic rings. The average molecular weight is 383 g/mol. The van der Waals surface area contributed by atoms with Gasteiger partial charge in [0.2, 0.25) is 0 Å². The minimum atomic E-state index is 0.0439. The Morgan fingerprint density at radius 2 is 1.72 bits per heavy atom. The first-order valence-electron chi connectivity index (χ1n) is 10.00. The topological polar surface area (TPSA) is 38.1 Å². The monoisotopic (exact) mass is 383 g/mol. The summed E-state index contributed by atoms with van der Waals surface area (Å²) in [5.74, 6) is 0.0439. The average Bonchev–Trinajstić information content (AvgIpc) is 3.11. The molecule has 0 radical (unpaired) electrons. The SMILES string of the molecule is Cn1c(C(=O)N(CCCc2ccccc2)Cc2ccccn2)cc2ccccc21. The van der Waals surface area contributed by atoms with Gasteiger partial charge in [-0.25, -0.2) is 0 Å². The zero-order chi connectivity index (χ0) is 20.1. The third-order valence-corrected chi connectivity index (χ3v) is 5.27. The maximum absolute atomic E-state index is 13.5. The number of rotatable bonds is 7. The van der Waals surface area contributed by atoms with Crippen molar-refractivity contribution in [3.63, 3.8) is 0 Å². The predicted molar refractivity (Wildman–Crippen MR) is 117 cm³/mol. The van der Waals surface area contributed by atoms with Crippen LogP contribution in [0.25, 0.3) is 10.9 Å². The molecule has 4 aromatic rings. The number of carbonyl (C=O) groups is 1. The summed E-state index contributed by atoms with van der Waals surface area (Å²) in [5.41, 5.74) is 3.97. The Kier molecular flexibility index (Phi) is 5.71. The molecule has 0 fully saturated rings. The van der Waals surface area contributed by atoms with Crippen molar-refractivity contribution in [3.05, 3.63) is 102 Å². The van der Waals surface area contributed by atoms with Crippen LogP contribution in [-0.4, -0.2) is 26.9 Å². The van der Waals surface area contributed by atoms with Gasteiger partial charge in [0.25, 0.3) is 5.91 Å². The molecule has 2 aromatic heterocycles. The van der Waals surface area contributed by atoms with Crippen LogP contribution in [0.4, 0.5) is 0 Å². The normalized spacial score (nSPS) is 10.9. The van der Waals surface area contributed by atoms with Gasteiger partial charge in [-0.05, 0) is 42.7 Å². The Labute approximate surface area is 171 Å². The number of amides is 1. The Hall–Kier alpha value is -3.40. The fraction of sp³-hybridized carbons (Fsp3) is 0.200. The third kappa shape index (κ3) is 4.37. The van der Waals surface area contributed by atoms with Gasteiger partial charge in [0, 0.05) is 30.7 Å². The first kappa shape index (κ1) is 18.9. The maximum Gasteiger partial charge on any atom is 0.270 e. The number of para-hydroxylation sites is 1. The van der Waals surface area contributed by atoms with E-state index in [4.69, 9.17) is 0 Å². The van der Waals surface area contributed by atoms with Crippen LogP contribution in [0.5, 0.6) is 0 Å². The minimum Gasteiger partial charge on any atom is -0.340 e. The molecule has 0 unspecified atom stereocenters. The molecule has 4 rings (SSSR count). The van der Waals surface area contributed by atoms with Gasteiger partial charge in [-0.3, -0.25) is 9.78 Å². The molecule has 0 aliphatic heterocycles. The second-order valence-corrected chi connectivity index (χ2v) is 7.28. The highest BCUT2D eigenvalue weighted by molar-refractivity contribution is 5.98. The van der Waals surface area contributed by atoms with Crippen LogP contribution in [0.15, 0.2) is 85.1 Å². The first-order chi connectivity index (χ1) is 14.2. The van der Waals surface area contributed by atoms with Gasteiger partial charge in [-0.1, -0.05) is 54.6 Å². The van der Waals surface area contributed by atoms with Crippen LogP contribution in [0.2, 0.25) is 0 Å². The summed E-state index contributed by atoms with van der Waals surface area (Å²) < 4.78 is 1.99. The predicted octanol–water partition coefficient (Wildman–Crippen LogP) is 4.85. The molecule has 2 aromatic carbocycles. The van der Waals surface area contributed by atoms with E-state index < -0.39 is 0 Å². The Bertz CT molecular complexity index is 1090. The summed E-state index contributed by atoms with van der Waals surface area (Å²) in [7, 11) is 1.96. The van der Waals surface area contributed by atoms with Crippen LogP contribution in [0.1, 0.15) is 28.2 Å². The molecule has 4 heteroatoms. The van der Waals surface area contributed by atoms with Crippen molar-refractivity contribution < 1.29 is 4.79 Å². The van der Waals surface area contributed by atoms with Crippen molar-refractivity contribution in [1.82, 2.24) is 14.5 Å². The van der Waals surface area contributed by atoms with Gasteiger partial charge in [0.1, 0.15) is 5.69 Å². The summed E-state index contributed by atoms with van der Waals surface area (Å²) in [6, 6.07) is 26.3. The number of hydrogen-bond donors (Lipinski definition) is 0. The molecule has 0 N–H and O–H groups in total. The lowest BCUT2D eigenvalue weighted by Gasteiger charge is -2.23. The molecule has 4 nitrogen and oxygen atoms in total. The lowest BCUT2D eigenvalue weighted by Crippen LogP contribution is -2.33. The summed E-state index contributed by atoms with van der Waals surface area (Å²) in [6.45, 7) is 1.20. The van der Waals surface area contributed by atoms with E-state index in [1.54, 1.807) is 6.20 Å². The smallest absolute Gasteiger partial charge is 0.270 e. The molecule has 0 saturated carbocycles. The molecule has 1 amide bonds. The van der Waals surface area contributed by atoms with Crippen LogP contribution >= 0.6 is 0 Å². The number of aromatic nitrogens is 2. The number of benzene rings is 2. The van der Waals surface area contributed by atoms with Crippen LogP contribution < -0.4 is 0 Å². The second-order valence-electron chi connectivity index (χ2n) is 7.28. The third-order valence-electron chi connectivity index (χ3n) is 5.27. The lowest BCUT2D eigenvalue weighted by atomic mass is 10.1. The maximum atomic E-state index is 13.5. The molecule has 0 aliphatic carbocycles. The van der Waals surface area contributed by atoms with E-state index in [-0.39, 0.29) is 5.91 Å². The summed E-state index contributed by atoms with van der Waals surface area (Å²) in [6.07, 6.45) is 3.63. The molecule has 2 heterocycles. The Morgan fingerprint density at radius 3 is 2.48 bits per heavy atom. The molecule has 146 valence electrons. The summed E-state index contributed by atoms with van der Waals surface area (Å²) >= 11 is 0. The highest BCUT2D eigenvalue weighted by atomic mass is 16.2. The number of nitrogens with zero attached hydrogens (tertiary/aromatic N) is 3. The van der Waals surface area contributed by atoms with Crippen LogP contribution in [0.3, 0.4) is 0 Å². The van der Waals surface area contributed by atoms with E-state index in [0.29, 0.717) is 18.8 Å². The van der Waals surface area contributed by atoms with Crippen molar-refractivity contribution in [3.8, 4) is 0 Å². The number of hydrogen-bond acceptors (Lipinski definition) is 2. The fourth-order valence-corrected chi connectivity index (χ4v) is 3.71. The van der Waals surface area contributed by atoms with E-state index in [2.05, 4.69) is 29.2 Å². The second kappa shape index (κ2) is 8.74. The first-order valence-corrected chi connectivity index (χ1v) is 10.00. The zero-order valence-electron chi connectivity index (χ0n) is 16.7. The van der Waals surface area contributed by atoms with Crippen LogP contribution in [-0.2, 0) is 20.0 Å². The van der Waals surface area contributed by atoms with Crippen molar-refractivity contribution in [2.45, 2.75) is 19.4 Å². The van der Waals surface area contributed by atoms with Gasteiger partial charge in [-0.15, -0.1) is 0 Å². The van der Waals surface area contributed by atoms with Crippen LogP contribution in [0, 0.1) is 0 Å². The Balaban J connectivity index is 1.56. The van der Waals surface area contributed by atoms with E-state index >= 15 is 0 Å². The van der Waals surface area contributed by atoms with E-state index in [1.807, 2.05) is 71.1 Å². The van der Waals surface area contributed by atoms with Gasteiger partial charge >= 0.3 is 0 Å². The Morgan fingerprint density at radius 1 is 0.966 bits per heavy atom. The minimum absolute atomic E-state index is 0.0439. The molecule has 0 bridgehead atoms. The van der Waals surface area contributed by atoms with Gasteiger partial charge in [-0.2, -0.15) is 0 Å². The number of fused-ring (bicyclic) bond motifs is 1. The van der Waals surface area contributed by atoms with E-state index in [0.717, 1.165) is 29.4 Å². The van der Waals surface area contributed by atoms with Crippen molar-refractivity contribution >= 4 is 16.8 Å². The molecule has 0 saturated heterocycles. The molecule has 0 atom stereocenters. The van der Waals surface area contributed by atoms with E-state index in [9.17, 15) is 4.79 Å². The highest BCUT2D eigenvalue weighted by Gasteiger charge is 2.20. The summed E-state index contributed by atoms with van der Waals surface area (Å²) in [5, 5.41) is 1.08. The fourth-order valence-electron chi connectivity index (χ4n) is 3.71. The quantitative estimate of drug-likeness (QED) is 0.458. The number of aryl methyl sites for hydroxylation is 2. The van der Waals surface area contributed by atoms with Crippen molar-refractivity contribution in [2.24, 2.45) is 7.05 Å². The standard InChI is InChI=1S/C25H25N3O/c1-27-23-15-6-5-13-21(23)18-24(27)25(29)28(19-22-14-7-8-16-26-22)17-9-12-20-10-3-2-4-11-20/h2-8,10-11,13-16,18H,9,12,17,19H2,1H3. The zero-order valence-corrected chi connectivity index (χ0v) is 16.7. The molecular formula is C25H25N3O. The summed E-state index contributed by atoms with van der Waals surface area (Å²) in [4.78, 5) is 19.8. The molecule has 29 heavy (non-hydrogen) atoms.